The fourth-order valence-electron chi connectivity index (χ4n) is 3.56. The zero-order valence-corrected chi connectivity index (χ0v) is 13.2. The van der Waals surface area contributed by atoms with Crippen LogP contribution in [0.25, 0.3) is 11.0 Å². The minimum Gasteiger partial charge on any atom is -0.396 e. The number of fused-ring (bicyclic) bond motifs is 1. The van der Waals surface area contributed by atoms with Crippen molar-refractivity contribution in [2.24, 2.45) is 5.92 Å². The van der Waals surface area contributed by atoms with Crippen molar-refractivity contribution in [1.29, 1.82) is 0 Å². The average Bonchev–Trinajstić information content (AvgIpc) is 3.21. The van der Waals surface area contributed by atoms with Gasteiger partial charge in [-0.3, -0.25) is 14.9 Å². The first-order valence-corrected chi connectivity index (χ1v) is 8.24. The molecular weight excluding hydrogens is 310 g/mol. The maximum Gasteiger partial charge on any atom is 0.235 e. The molecule has 126 valence electrons. The van der Waals surface area contributed by atoms with Gasteiger partial charge in [0.15, 0.2) is 5.58 Å². The maximum atomic E-state index is 12.0. The van der Waals surface area contributed by atoms with Crippen molar-refractivity contribution in [3.8, 4) is 0 Å². The molecular formula is C17H19N3O4. The summed E-state index contributed by atoms with van der Waals surface area (Å²) in [5.41, 5.74) is 2.26. The van der Waals surface area contributed by atoms with E-state index >= 15 is 0 Å². The zero-order chi connectivity index (χ0) is 16.7. The van der Waals surface area contributed by atoms with Crippen LogP contribution in [-0.2, 0) is 9.59 Å². The molecule has 0 spiro atoms. The minimum absolute atomic E-state index is 0.209. The number of nitrogens with zero attached hydrogens (tertiary/aromatic N) is 2. The summed E-state index contributed by atoms with van der Waals surface area (Å²) in [7, 11) is 0. The number of amides is 2. The van der Waals surface area contributed by atoms with Gasteiger partial charge >= 0.3 is 0 Å². The third-order valence-electron chi connectivity index (χ3n) is 4.96. The SMILES string of the molecule is O=C1CCC(c2noc3cc(N4CC[C@H](CO)C4)ccc23)C(=O)N1. The van der Waals surface area contributed by atoms with Crippen LogP contribution in [0.4, 0.5) is 5.69 Å². The molecule has 2 fully saturated rings. The van der Waals surface area contributed by atoms with E-state index in [0.29, 0.717) is 30.0 Å². The number of anilines is 1. The van der Waals surface area contributed by atoms with E-state index in [1.807, 2.05) is 18.2 Å². The molecule has 7 heteroatoms. The highest BCUT2D eigenvalue weighted by molar-refractivity contribution is 6.02. The molecule has 24 heavy (non-hydrogen) atoms. The third-order valence-corrected chi connectivity index (χ3v) is 4.96. The third kappa shape index (κ3) is 2.54. The van der Waals surface area contributed by atoms with E-state index < -0.39 is 5.92 Å². The Morgan fingerprint density at radius 1 is 1.33 bits per heavy atom. The molecule has 2 atom stereocenters. The topological polar surface area (TPSA) is 95.7 Å². The Hall–Kier alpha value is -2.41. The number of rotatable bonds is 3. The van der Waals surface area contributed by atoms with Gasteiger partial charge < -0.3 is 14.5 Å². The first-order valence-electron chi connectivity index (χ1n) is 8.24. The van der Waals surface area contributed by atoms with Crippen LogP contribution in [0, 0.1) is 5.92 Å². The Kier molecular flexibility index (Phi) is 3.72. The molecule has 3 heterocycles. The van der Waals surface area contributed by atoms with Crippen LogP contribution in [-0.4, -0.2) is 41.8 Å². The van der Waals surface area contributed by atoms with Gasteiger partial charge in [-0.05, 0) is 25.0 Å². The standard InChI is InChI=1S/C17H19N3O4/c21-9-10-5-6-20(8-10)11-1-2-12-14(7-11)24-19-16(12)13-3-4-15(22)18-17(13)23/h1-2,7,10,13,21H,3-6,8-9H2,(H,18,22,23)/t10-,13?/m0/s1. The summed E-state index contributed by atoms with van der Waals surface area (Å²) in [5, 5.41) is 16.5. The Balaban J connectivity index is 1.62. The molecule has 1 unspecified atom stereocenters. The van der Waals surface area contributed by atoms with Crippen molar-refractivity contribution in [3.63, 3.8) is 0 Å². The van der Waals surface area contributed by atoms with Gasteiger partial charge in [-0.1, -0.05) is 5.16 Å². The highest BCUT2D eigenvalue weighted by atomic mass is 16.5. The summed E-state index contributed by atoms with van der Waals surface area (Å²) in [5.74, 6) is -0.676. The van der Waals surface area contributed by atoms with Crippen LogP contribution in [0.1, 0.15) is 30.9 Å². The summed E-state index contributed by atoms with van der Waals surface area (Å²) in [6, 6.07) is 5.85. The van der Waals surface area contributed by atoms with Gasteiger partial charge in [-0.2, -0.15) is 0 Å². The Morgan fingerprint density at radius 3 is 2.96 bits per heavy atom. The smallest absolute Gasteiger partial charge is 0.235 e. The van der Waals surface area contributed by atoms with Crippen molar-refractivity contribution >= 4 is 28.5 Å². The number of benzene rings is 1. The summed E-state index contributed by atoms with van der Waals surface area (Å²) in [6.45, 7) is 1.95. The number of carbonyl (C=O) groups is 2. The van der Waals surface area contributed by atoms with Crippen LogP contribution < -0.4 is 10.2 Å². The Bertz CT molecular complexity index is 800. The predicted molar refractivity (Wildman–Crippen MR) is 86.5 cm³/mol. The van der Waals surface area contributed by atoms with E-state index in [1.54, 1.807) is 0 Å². The van der Waals surface area contributed by atoms with Gasteiger partial charge in [0.2, 0.25) is 11.8 Å². The fraction of sp³-hybridized carbons (Fsp3) is 0.471. The van der Waals surface area contributed by atoms with Crippen LogP contribution in [0.3, 0.4) is 0 Å². The lowest BCUT2D eigenvalue weighted by Gasteiger charge is -2.19. The minimum atomic E-state index is -0.444. The molecule has 0 radical (unpaired) electrons. The molecule has 1 aromatic carbocycles. The first-order chi connectivity index (χ1) is 11.7. The summed E-state index contributed by atoms with van der Waals surface area (Å²) >= 11 is 0. The molecule has 1 aromatic heterocycles. The zero-order valence-electron chi connectivity index (χ0n) is 13.2. The Morgan fingerprint density at radius 2 is 2.21 bits per heavy atom. The normalized spacial score (nSPS) is 24.6. The van der Waals surface area contributed by atoms with E-state index in [-0.39, 0.29) is 18.4 Å². The fourth-order valence-corrected chi connectivity index (χ4v) is 3.56. The van der Waals surface area contributed by atoms with Crippen molar-refractivity contribution in [1.82, 2.24) is 10.5 Å². The number of piperidine rings is 1. The Labute approximate surface area is 138 Å². The molecule has 2 saturated heterocycles. The lowest BCUT2D eigenvalue weighted by Crippen LogP contribution is -2.39. The van der Waals surface area contributed by atoms with E-state index in [2.05, 4.69) is 15.4 Å². The summed E-state index contributed by atoms with van der Waals surface area (Å²) in [4.78, 5) is 25.6. The van der Waals surface area contributed by atoms with Gasteiger partial charge in [0, 0.05) is 49.2 Å². The van der Waals surface area contributed by atoms with Gasteiger partial charge in [0.25, 0.3) is 0 Å². The molecule has 7 nitrogen and oxygen atoms in total. The van der Waals surface area contributed by atoms with E-state index in [1.165, 1.54) is 0 Å². The number of hydrogen-bond donors (Lipinski definition) is 2. The molecule has 2 amide bonds. The molecule has 0 bridgehead atoms. The van der Waals surface area contributed by atoms with Crippen molar-refractivity contribution in [2.45, 2.75) is 25.2 Å². The number of aliphatic hydroxyl groups is 1. The highest BCUT2D eigenvalue weighted by Crippen LogP contribution is 2.33. The molecule has 0 saturated carbocycles. The quantitative estimate of drug-likeness (QED) is 0.821. The van der Waals surface area contributed by atoms with Gasteiger partial charge in [0.05, 0.1) is 5.92 Å². The molecule has 4 rings (SSSR count). The number of imide groups is 1. The van der Waals surface area contributed by atoms with Crippen LogP contribution in [0.5, 0.6) is 0 Å². The number of aliphatic hydroxyl groups excluding tert-OH is 1. The number of hydrogen-bond acceptors (Lipinski definition) is 6. The second-order valence-electron chi connectivity index (χ2n) is 6.54. The van der Waals surface area contributed by atoms with Gasteiger partial charge in [-0.15, -0.1) is 0 Å². The van der Waals surface area contributed by atoms with Crippen molar-refractivity contribution in [3.05, 3.63) is 23.9 Å². The van der Waals surface area contributed by atoms with Crippen LogP contribution in [0.15, 0.2) is 22.7 Å². The van der Waals surface area contributed by atoms with Crippen LogP contribution >= 0.6 is 0 Å². The second kappa shape index (κ2) is 5.90. The lowest BCUT2D eigenvalue weighted by atomic mass is 9.93. The van der Waals surface area contributed by atoms with E-state index in [9.17, 15) is 14.7 Å². The molecule has 2 aliphatic heterocycles. The molecule has 0 aliphatic carbocycles. The van der Waals surface area contributed by atoms with Crippen molar-refractivity contribution in [2.75, 3.05) is 24.6 Å². The average molecular weight is 329 g/mol. The summed E-state index contributed by atoms with van der Waals surface area (Å²) < 4.78 is 5.44. The molecule has 2 N–H and O–H groups in total. The second-order valence-corrected chi connectivity index (χ2v) is 6.54. The predicted octanol–water partition coefficient (Wildman–Crippen LogP) is 1.17. The largest absolute Gasteiger partial charge is 0.396 e. The maximum absolute atomic E-state index is 12.0. The van der Waals surface area contributed by atoms with Gasteiger partial charge in [-0.25, -0.2) is 0 Å². The lowest BCUT2D eigenvalue weighted by molar-refractivity contribution is -0.134. The highest BCUT2D eigenvalue weighted by Gasteiger charge is 2.32. The first kappa shape index (κ1) is 15.1. The number of carbonyl (C=O) groups excluding carboxylic acids is 2. The van der Waals surface area contributed by atoms with Crippen LogP contribution in [0.2, 0.25) is 0 Å². The van der Waals surface area contributed by atoms with Crippen molar-refractivity contribution < 1.29 is 19.2 Å². The molecule has 2 aromatic rings. The number of nitrogens with one attached hydrogen (secondary N) is 1. The monoisotopic (exact) mass is 329 g/mol. The van der Waals surface area contributed by atoms with E-state index in [4.69, 9.17) is 4.52 Å². The van der Waals surface area contributed by atoms with E-state index in [0.717, 1.165) is 30.6 Å². The van der Waals surface area contributed by atoms with Gasteiger partial charge in [0.1, 0.15) is 5.69 Å². The molecule has 2 aliphatic rings. The summed E-state index contributed by atoms with van der Waals surface area (Å²) in [6.07, 6.45) is 1.75. The number of aromatic nitrogens is 1.